The van der Waals surface area contributed by atoms with E-state index >= 15 is 0 Å². The smallest absolute Gasteiger partial charge is 0.244 e. The average Bonchev–Trinajstić information content (AvgIpc) is 3.08. The molecule has 0 aliphatic carbocycles. The number of benzene rings is 2. The first-order valence-corrected chi connectivity index (χ1v) is 12.6. The van der Waals surface area contributed by atoms with Gasteiger partial charge in [0.2, 0.25) is 10.0 Å². The number of hydrogen-bond donors (Lipinski definition) is 2. The summed E-state index contributed by atoms with van der Waals surface area (Å²) in [6.07, 6.45) is 0. The molecule has 2 aromatic carbocycles. The van der Waals surface area contributed by atoms with E-state index in [1.54, 1.807) is 0 Å². The molecule has 2 atom stereocenters. The van der Waals surface area contributed by atoms with Gasteiger partial charge in [0.15, 0.2) is 9.84 Å². The molecule has 1 saturated heterocycles. The maximum Gasteiger partial charge on any atom is 0.244 e. The van der Waals surface area contributed by atoms with Gasteiger partial charge in [-0.25, -0.2) is 16.8 Å². The molecule has 3 rings (SSSR count). The minimum Gasteiger partial charge on any atom is -0.393 e. The Kier molecular flexibility index (Phi) is 6.33. The van der Waals surface area contributed by atoms with Crippen molar-refractivity contribution < 1.29 is 27.0 Å². The lowest BCUT2D eigenvalue weighted by atomic mass is 10.1. The number of nitrogens with zero attached hydrogens (tertiary/aromatic N) is 2. The van der Waals surface area contributed by atoms with Crippen LogP contribution in [0.15, 0.2) is 56.7 Å². The molecule has 0 radical (unpaired) electrons. The zero-order valence-corrected chi connectivity index (χ0v) is 19.2. The van der Waals surface area contributed by atoms with Crippen molar-refractivity contribution >= 4 is 47.4 Å². The number of rotatable bonds is 5. The second-order valence-corrected chi connectivity index (χ2v) is 12.2. The summed E-state index contributed by atoms with van der Waals surface area (Å²) in [5.74, 6) is 0. The fourth-order valence-electron chi connectivity index (χ4n) is 3.26. The number of sulfonamides is 1. The molecule has 2 aromatic rings. The molecule has 0 saturated carbocycles. The molecular weight excluding hydrogens is 520 g/mol. The summed E-state index contributed by atoms with van der Waals surface area (Å²) >= 11 is 9.23. The molecule has 0 spiro atoms. The largest absolute Gasteiger partial charge is 0.393 e. The number of aliphatic hydroxyl groups is 2. The number of hydrogen-bond acceptors (Lipinski definition) is 7. The molecule has 1 fully saturated rings. The Hall–Kier alpha value is -1.52. The summed E-state index contributed by atoms with van der Waals surface area (Å²) in [4.78, 5) is -0.441. The first kappa shape index (κ1) is 23.1. The van der Waals surface area contributed by atoms with Crippen LogP contribution in [0.5, 0.6) is 0 Å². The van der Waals surface area contributed by atoms with Gasteiger partial charge in [-0.15, -0.1) is 0 Å². The van der Waals surface area contributed by atoms with Crippen LogP contribution in [-0.4, -0.2) is 61.9 Å². The number of sulfone groups is 1. The number of β-amino-alcohol motifs (C(OH)–C–C–N with tert-alkyl or cyclic N) is 1. The summed E-state index contributed by atoms with van der Waals surface area (Å²) < 4.78 is 53.8. The SMILES string of the molecule is N#Cc1ccc(S(=O)(=O)N2C[C@H](S(=O)(=O)c3ccc(Br)cc3)[C@](O)(CO)C2)c(Cl)c1. The fraction of sp³-hybridized carbons (Fsp3) is 0.278. The highest BCUT2D eigenvalue weighted by Gasteiger charge is 2.55. The molecule has 30 heavy (non-hydrogen) atoms. The quantitative estimate of drug-likeness (QED) is 0.593. The third kappa shape index (κ3) is 4.01. The van der Waals surface area contributed by atoms with Crippen molar-refractivity contribution in [1.82, 2.24) is 4.31 Å². The van der Waals surface area contributed by atoms with Crippen molar-refractivity contribution in [3.05, 3.63) is 57.5 Å². The Morgan fingerprint density at radius 3 is 2.37 bits per heavy atom. The topological polar surface area (TPSA) is 136 Å². The third-order valence-electron chi connectivity index (χ3n) is 4.89. The van der Waals surface area contributed by atoms with Gasteiger partial charge in [-0.2, -0.15) is 9.57 Å². The third-order valence-corrected chi connectivity index (χ3v) is 9.98. The van der Waals surface area contributed by atoms with Crippen LogP contribution in [0.4, 0.5) is 0 Å². The van der Waals surface area contributed by atoms with Crippen LogP contribution >= 0.6 is 27.5 Å². The second-order valence-electron chi connectivity index (χ2n) is 6.80. The maximum absolute atomic E-state index is 13.1. The van der Waals surface area contributed by atoms with Gasteiger partial charge >= 0.3 is 0 Å². The van der Waals surface area contributed by atoms with Crippen LogP contribution in [0.1, 0.15) is 5.56 Å². The lowest BCUT2D eigenvalue weighted by molar-refractivity contribution is 0.00160. The van der Waals surface area contributed by atoms with E-state index in [1.807, 2.05) is 6.07 Å². The maximum atomic E-state index is 13.1. The van der Waals surface area contributed by atoms with Crippen molar-refractivity contribution in [3.63, 3.8) is 0 Å². The highest BCUT2D eigenvalue weighted by Crippen LogP contribution is 2.36. The number of aliphatic hydroxyl groups excluding tert-OH is 1. The van der Waals surface area contributed by atoms with Gasteiger partial charge in [-0.05, 0) is 42.5 Å². The predicted molar refractivity (Wildman–Crippen MR) is 112 cm³/mol. The Labute approximate surface area is 187 Å². The van der Waals surface area contributed by atoms with Gasteiger partial charge in [0.05, 0.1) is 28.2 Å². The van der Waals surface area contributed by atoms with Crippen LogP contribution in [0.2, 0.25) is 5.02 Å². The van der Waals surface area contributed by atoms with Gasteiger partial charge in [-0.1, -0.05) is 27.5 Å². The first-order chi connectivity index (χ1) is 14.0. The lowest BCUT2D eigenvalue weighted by Crippen LogP contribution is -2.49. The minimum atomic E-state index is -4.31. The van der Waals surface area contributed by atoms with E-state index in [9.17, 15) is 27.0 Å². The molecule has 12 heteroatoms. The van der Waals surface area contributed by atoms with Gasteiger partial charge in [0.1, 0.15) is 15.7 Å². The van der Waals surface area contributed by atoms with Gasteiger partial charge in [0.25, 0.3) is 0 Å². The summed E-state index contributed by atoms with van der Waals surface area (Å²) in [5, 5.41) is 27.7. The van der Waals surface area contributed by atoms with E-state index in [0.717, 1.165) is 10.4 Å². The van der Waals surface area contributed by atoms with Crippen LogP contribution in [0.3, 0.4) is 0 Å². The fourth-order valence-corrected chi connectivity index (χ4v) is 7.60. The van der Waals surface area contributed by atoms with E-state index in [0.29, 0.717) is 4.47 Å². The van der Waals surface area contributed by atoms with E-state index in [1.165, 1.54) is 36.4 Å². The van der Waals surface area contributed by atoms with Crippen molar-refractivity contribution in [2.24, 2.45) is 0 Å². The first-order valence-electron chi connectivity index (χ1n) is 8.48. The highest BCUT2D eigenvalue weighted by molar-refractivity contribution is 9.10. The van der Waals surface area contributed by atoms with Crippen molar-refractivity contribution in [2.45, 2.75) is 20.6 Å². The Balaban J connectivity index is 2.02. The summed E-state index contributed by atoms with van der Waals surface area (Å²) in [7, 11) is -8.49. The molecule has 0 aromatic heterocycles. The van der Waals surface area contributed by atoms with Crippen molar-refractivity contribution in [3.8, 4) is 6.07 Å². The van der Waals surface area contributed by atoms with E-state index in [-0.39, 0.29) is 20.4 Å². The molecular formula is C18H16BrClN2O6S2. The van der Waals surface area contributed by atoms with Gasteiger partial charge < -0.3 is 10.2 Å². The summed E-state index contributed by atoms with van der Waals surface area (Å²) in [5.41, 5.74) is -2.05. The molecule has 8 nitrogen and oxygen atoms in total. The Morgan fingerprint density at radius 1 is 1.20 bits per heavy atom. The van der Waals surface area contributed by atoms with E-state index in [2.05, 4.69) is 15.9 Å². The predicted octanol–water partition coefficient (Wildman–Crippen LogP) is 1.54. The summed E-state index contributed by atoms with van der Waals surface area (Å²) in [6, 6.07) is 11.1. The number of halogens is 2. The molecule has 0 bridgehead atoms. The normalized spacial score (nSPS) is 22.7. The molecule has 2 N–H and O–H groups in total. The van der Waals surface area contributed by atoms with Crippen LogP contribution in [0, 0.1) is 11.3 Å². The Bertz CT molecular complexity index is 1230. The highest BCUT2D eigenvalue weighted by atomic mass is 79.9. The number of nitriles is 1. The van der Waals surface area contributed by atoms with Gasteiger partial charge in [0, 0.05) is 17.6 Å². The zero-order valence-electron chi connectivity index (χ0n) is 15.2. The van der Waals surface area contributed by atoms with Crippen LogP contribution in [-0.2, 0) is 19.9 Å². The minimum absolute atomic E-state index is 0.113. The van der Waals surface area contributed by atoms with Gasteiger partial charge in [-0.3, -0.25) is 0 Å². The van der Waals surface area contributed by atoms with E-state index in [4.69, 9.17) is 16.9 Å². The van der Waals surface area contributed by atoms with Crippen molar-refractivity contribution in [2.75, 3.05) is 19.7 Å². The standard InChI is InChI=1S/C18H16BrClN2O6S2/c19-13-2-4-14(5-3-13)29(25,26)17-9-22(10-18(17,24)11-23)30(27,28)16-6-1-12(8-21)7-15(16)20/h1-7,17,23-24H,9-11H2/t17-,18+/m0/s1. The Morgan fingerprint density at radius 2 is 1.83 bits per heavy atom. The van der Waals surface area contributed by atoms with Crippen LogP contribution < -0.4 is 0 Å². The summed E-state index contributed by atoms with van der Waals surface area (Å²) in [6.45, 7) is -2.17. The molecule has 1 aliphatic rings. The molecule has 1 aliphatic heterocycles. The lowest BCUT2D eigenvalue weighted by Gasteiger charge is -2.26. The monoisotopic (exact) mass is 534 g/mol. The molecule has 0 amide bonds. The van der Waals surface area contributed by atoms with Crippen LogP contribution in [0.25, 0.3) is 0 Å². The zero-order chi connectivity index (χ0) is 22.3. The molecule has 0 unspecified atom stereocenters. The van der Waals surface area contributed by atoms with Crippen molar-refractivity contribution in [1.29, 1.82) is 5.26 Å². The second kappa shape index (κ2) is 8.20. The average molecular weight is 536 g/mol. The molecule has 160 valence electrons. The molecule has 1 heterocycles. The van der Waals surface area contributed by atoms with E-state index < -0.39 is 50.4 Å².